The van der Waals surface area contributed by atoms with E-state index in [0.717, 1.165) is 23.0 Å². The molecule has 4 rings (SSSR count). The van der Waals surface area contributed by atoms with Crippen LogP contribution in [0.25, 0.3) is 10.8 Å². The van der Waals surface area contributed by atoms with Crippen molar-refractivity contribution in [2.24, 2.45) is 10.9 Å². The SMILES string of the molecule is CN(C)CCNC(=O)C1CC(O)C(O)C2N=C(Nc3cccc4ccccc34)SC12. The molecule has 0 radical (unpaired) electrons. The standard InChI is InChI=1S/C22H28N4O3S/c1-26(2)11-10-23-21(29)15-12-17(27)19(28)18-20(15)30-22(25-18)24-16-9-5-7-13-6-3-4-8-14(13)16/h3-9,15,17-20,27-28H,10-12H2,1-2H3,(H,23,29)(H,24,25). The summed E-state index contributed by atoms with van der Waals surface area (Å²) in [6.45, 7) is 1.29. The van der Waals surface area contributed by atoms with Gasteiger partial charge < -0.3 is 25.7 Å². The molecule has 160 valence electrons. The summed E-state index contributed by atoms with van der Waals surface area (Å²) in [7, 11) is 3.91. The monoisotopic (exact) mass is 428 g/mol. The summed E-state index contributed by atoms with van der Waals surface area (Å²) in [5, 5.41) is 29.9. The molecule has 8 heteroatoms. The van der Waals surface area contributed by atoms with Crippen LogP contribution in [-0.4, -0.2) is 76.9 Å². The zero-order chi connectivity index (χ0) is 21.3. The number of amidine groups is 1. The third kappa shape index (κ3) is 4.32. The first-order chi connectivity index (χ1) is 14.4. The predicted molar refractivity (Wildman–Crippen MR) is 122 cm³/mol. The largest absolute Gasteiger partial charge is 0.390 e. The number of thioether (sulfide) groups is 1. The Kier molecular flexibility index (Phi) is 6.29. The number of benzene rings is 2. The molecule has 2 aliphatic rings. The third-order valence-electron chi connectivity index (χ3n) is 5.71. The summed E-state index contributed by atoms with van der Waals surface area (Å²) in [4.78, 5) is 19.5. The van der Waals surface area contributed by atoms with Gasteiger partial charge in [0.2, 0.25) is 5.91 Å². The van der Waals surface area contributed by atoms with Gasteiger partial charge in [-0.1, -0.05) is 48.2 Å². The topological polar surface area (TPSA) is 97.2 Å². The second-order valence-corrected chi connectivity index (χ2v) is 9.32. The van der Waals surface area contributed by atoms with Crippen LogP contribution in [-0.2, 0) is 4.79 Å². The van der Waals surface area contributed by atoms with Gasteiger partial charge in [0, 0.05) is 29.4 Å². The lowest BCUT2D eigenvalue weighted by Crippen LogP contribution is -2.54. The average Bonchev–Trinajstić information content (AvgIpc) is 3.14. The van der Waals surface area contributed by atoms with Crippen molar-refractivity contribution in [2.75, 3.05) is 32.5 Å². The fraction of sp³-hybridized carbons (Fsp3) is 0.455. The fourth-order valence-electron chi connectivity index (χ4n) is 4.09. The molecule has 2 aromatic rings. The van der Waals surface area contributed by atoms with Gasteiger partial charge in [0.1, 0.15) is 6.10 Å². The zero-order valence-corrected chi connectivity index (χ0v) is 18.0. The van der Waals surface area contributed by atoms with E-state index in [9.17, 15) is 15.0 Å². The highest BCUT2D eigenvalue weighted by molar-refractivity contribution is 8.15. The van der Waals surface area contributed by atoms with E-state index in [2.05, 4.69) is 27.8 Å². The van der Waals surface area contributed by atoms with Crippen LogP contribution in [0, 0.1) is 5.92 Å². The number of aliphatic imine (C=N–C) groups is 1. The Morgan fingerprint density at radius 3 is 2.77 bits per heavy atom. The van der Waals surface area contributed by atoms with Gasteiger partial charge in [-0.05, 0) is 32.0 Å². The Balaban J connectivity index is 1.51. The maximum absolute atomic E-state index is 12.8. The fourth-order valence-corrected chi connectivity index (χ4v) is 5.46. The number of carbonyl (C=O) groups is 1. The molecule has 1 aliphatic carbocycles. The summed E-state index contributed by atoms with van der Waals surface area (Å²) < 4.78 is 0. The van der Waals surface area contributed by atoms with Crippen molar-refractivity contribution >= 4 is 39.3 Å². The van der Waals surface area contributed by atoms with E-state index in [1.54, 1.807) is 0 Å². The maximum atomic E-state index is 12.8. The molecule has 30 heavy (non-hydrogen) atoms. The molecule has 2 aromatic carbocycles. The molecule has 1 heterocycles. The van der Waals surface area contributed by atoms with Gasteiger partial charge in [-0.15, -0.1) is 0 Å². The van der Waals surface area contributed by atoms with Crippen molar-refractivity contribution in [1.82, 2.24) is 10.2 Å². The minimum absolute atomic E-state index is 0.0908. The van der Waals surface area contributed by atoms with Gasteiger partial charge in [-0.25, -0.2) is 0 Å². The Bertz CT molecular complexity index is 946. The number of nitrogens with zero attached hydrogens (tertiary/aromatic N) is 2. The Hall–Kier alpha value is -2.13. The Morgan fingerprint density at radius 1 is 1.20 bits per heavy atom. The molecule has 0 aromatic heterocycles. The second kappa shape index (κ2) is 8.93. The van der Waals surface area contributed by atoms with Crippen LogP contribution in [0.3, 0.4) is 0 Å². The average molecular weight is 429 g/mol. The first kappa shape index (κ1) is 21.1. The molecule has 1 aliphatic heterocycles. The molecule has 1 fully saturated rings. The van der Waals surface area contributed by atoms with Crippen LogP contribution in [0.4, 0.5) is 5.69 Å². The summed E-state index contributed by atoms with van der Waals surface area (Å²) in [6, 6.07) is 13.6. The summed E-state index contributed by atoms with van der Waals surface area (Å²) in [5.74, 6) is -0.497. The molecule has 1 saturated carbocycles. The summed E-state index contributed by atoms with van der Waals surface area (Å²) in [5.41, 5.74) is 0.931. The van der Waals surface area contributed by atoms with Crippen LogP contribution in [0.15, 0.2) is 47.5 Å². The first-order valence-corrected chi connectivity index (χ1v) is 11.1. The van der Waals surface area contributed by atoms with Gasteiger partial charge in [0.15, 0.2) is 5.17 Å². The molecular weight excluding hydrogens is 400 g/mol. The number of aliphatic hydroxyl groups is 2. The van der Waals surface area contributed by atoms with Crippen molar-refractivity contribution in [2.45, 2.75) is 29.9 Å². The molecule has 0 spiro atoms. The third-order valence-corrected chi connectivity index (χ3v) is 7.02. The molecule has 4 N–H and O–H groups in total. The molecule has 7 nitrogen and oxygen atoms in total. The normalized spacial score (nSPS) is 28.3. The van der Waals surface area contributed by atoms with Crippen molar-refractivity contribution in [3.8, 4) is 0 Å². The lowest BCUT2D eigenvalue weighted by atomic mass is 9.81. The van der Waals surface area contributed by atoms with Crippen LogP contribution in [0.2, 0.25) is 0 Å². The Labute approximate surface area is 180 Å². The lowest BCUT2D eigenvalue weighted by molar-refractivity contribution is -0.129. The summed E-state index contributed by atoms with van der Waals surface area (Å²) >= 11 is 1.48. The first-order valence-electron chi connectivity index (χ1n) is 10.2. The van der Waals surface area contributed by atoms with Gasteiger partial charge in [-0.2, -0.15) is 0 Å². The highest BCUT2D eigenvalue weighted by Crippen LogP contribution is 2.41. The van der Waals surface area contributed by atoms with E-state index < -0.39 is 24.2 Å². The minimum atomic E-state index is -0.972. The summed E-state index contributed by atoms with van der Waals surface area (Å²) in [6.07, 6.45) is -1.70. The van der Waals surface area contributed by atoms with Gasteiger partial charge in [-0.3, -0.25) is 9.79 Å². The van der Waals surface area contributed by atoms with Crippen LogP contribution in [0.5, 0.6) is 0 Å². The van der Waals surface area contributed by atoms with E-state index in [4.69, 9.17) is 0 Å². The number of carbonyl (C=O) groups excluding carboxylic acids is 1. The van der Waals surface area contributed by atoms with E-state index >= 15 is 0 Å². The van der Waals surface area contributed by atoms with Crippen LogP contribution >= 0.6 is 11.8 Å². The number of amides is 1. The predicted octanol–water partition coefficient (Wildman–Crippen LogP) is 1.51. The number of hydrogen-bond acceptors (Lipinski definition) is 7. The van der Waals surface area contributed by atoms with Crippen molar-refractivity contribution in [3.63, 3.8) is 0 Å². The van der Waals surface area contributed by atoms with Crippen LogP contribution < -0.4 is 10.6 Å². The van der Waals surface area contributed by atoms with Crippen LogP contribution in [0.1, 0.15) is 6.42 Å². The van der Waals surface area contributed by atoms with E-state index in [-0.39, 0.29) is 17.6 Å². The molecule has 0 bridgehead atoms. The van der Waals surface area contributed by atoms with Gasteiger partial charge in [0.05, 0.1) is 18.1 Å². The molecular formula is C22H28N4O3S. The molecule has 1 amide bonds. The molecule has 5 atom stereocenters. The van der Waals surface area contributed by atoms with Crippen molar-refractivity contribution in [3.05, 3.63) is 42.5 Å². The van der Waals surface area contributed by atoms with Gasteiger partial charge in [0.25, 0.3) is 0 Å². The van der Waals surface area contributed by atoms with E-state index in [1.165, 1.54) is 11.8 Å². The number of likely N-dealkylation sites (N-methyl/N-ethyl adjacent to an activating group) is 1. The smallest absolute Gasteiger partial charge is 0.224 e. The Morgan fingerprint density at radius 2 is 1.97 bits per heavy atom. The number of nitrogens with one attached hydrogen (secondary N) is 2. The number of rotatable bonds is 5. The highest BCUT2D eigenvalue weighted by Gasteiger charge is 2.50. The second-order valence-electron chi connectivity index (χ2n) is 8.15. The minimum Gasteiger partial charge on any atom is -0.390 e. The van der Waals surface area contributed by atoms with E-state index in [1.807, 2.05) is 49.3 Å². The number of anilines is 1. The zero-order valence-electron chi connectivity index (χ0n) is 17.2. The van der Waals surface area contributed by atoms with Crippen molar-refractivity contribution < 1.29 is 15.0 Å². The van der Waals surface area contributed by atoms with Gasteiger partial charge >= 0.3 is 0 Å². The number of aliphatic hydroxyl groups excluding tert-OH is 2. The quantitative estimate of drug-likeness (QED) is 0.577. The van der Waals surface area contributed by atoms with Crippen molar-refractivity contribution in [1.29, 1.82) is 0 Å². The number of fused-ring (bicyclic) bond motifs is 2. The lowest BCUT2D eigenvalue weighted by Gasteiger charge is -2.37. The number of hydrogen-bond donors (Lipinski definition) is 4. The van der Waals surface area contributed by atoms with E-state index in [0.29, 0.717) is 11.7 Å². The molecule has 5 unspecified atom stereocenters. The maximum Gasteiger partial charge on any atom is 0.224 e. The highest BCUT2D eigenvalue weighted by atomic mass is 32.2. The molecule has 0 saturated heterocycles.